The molecule has 0 N–H and O–H groups in total. The van der Waals surface area contributed by atoms with Gasteiger partial charge in [-0.25, -0.2) is 4.98 Å². The molecule has 2 aromatic carbocycles. The zero-order valence-corrected chi connectivity index (χ0v) is 15.1. The molecule has 1 heterocycles. The first-order chi connectivity index (χ1) is 11.7. The van der Waals surface area contributed by atoms with Crippen LogP contribution in [0.1, 0.15) is 15.9 Å². The smallest absolute Gasteiger partial charge is 0.173 e. The lowest BCUT2D eigenvalue weighted by atomic mass is 10.1. The second-order valence-corrected chi connectivity index (χ2v) is 7.39. The Morgan fingerprint density at radius 1 is 1.12 bits per heavy atom. The van der Waals surface area contributed by atoms with E-state index in [2.05, 4.69) is 36.2 Å². The highest BCUT2D eigenvalue weighted by atomic mass is 32.2. The lowest BCUT2D eigenvalue weighted by Crippen LogP contribution is -2.02. The number of aryl methyl sites for hydroxylation is 1. The van der Waals surface area contributed by atoms with Gasteiger partial charge in [0.2, 0.25) is 0 Å². The number of benzene rings is 2. The third-order valence-corrected chi connectivity index (χ3v) is 5.59. The number of Topliss-reactive ketones (excluding diaryl/α,β-unsaturated/α-hetero) is 1. The molecule has 0 spiro atoms. The van der Waals surface area contributed by atoms with Crippen molar-refractivity contribution in [3.8, 4) is 17.0 Å². The molecule has 0 fully saturated rings. The number of carbonyl (C=O) groups excluding carboxylic acids is 1. The number of hydrogen-bond acceptors (Lipinski definition) is 5. The molecule has 0 aliphatic rings. The van der Waals surface area contributed by atoms with Crippen molar-refractivity contribution >= 4 is 28.9 Å². The van der Waals surface area contributed by atoms with Gasteiger partial charge in [0.25, 0.3) is 0 Å². The average Bonchev–Trinajstić information content (AvgIpc) is 3.09. The maximum atomic E-state index is 12.2. The quantitative estimate of drug-likeness (QED) is 0.455. The highest BCUT2D eigenvalue weighted by Gasteiger charge is 2.10. The summed E-state index contributed by atoms with van der Waals surface area (Å²) in [5.41, 5.74) is 3.98. The third kappa shape index (κ3) is 4.04. The fourth-order valence-corrected chi connectivity index (χ4v) is 3.90. The number of thioether (sulfide) groups is 1. The van der Waals surface area contributed by atoms with Crippen molar-refractivity contribution in [2.45, 2.75) is 11.3 Å². The number of aromatic nitrogens is 1. The lowest BCUT2D eigenvalue weighted by molar-refractivity contribution is 0.102. The molecule has 0 saturated heterocycles. The Balaban J connectivity index is 1.62. The molecule has 0 saturated carbocycles. The van der Waals surface area contributed by atoms with Crippen molar-refractivity contribution < 1.29 is 9.53 Å². The van der Waals surface area contributed by atoms with E-state index in [-0.39, 0.29) is 5.78 Å². The maximum Gasteiger partial charge on any atom is 0.173 e. The molecule has 0 amide bonds. The van der Waals surface area contributed by atoms with Crippen LogP contribution in [0, 0.1) is 6.92 Å². The van der Waals surface area contributed by atoms with E-state index in [0.29, 0.717) is 11.3 Å². The highest BCUT2D eigenvalue weighted by molar-refractivity contribution is 8.01. The summed E-state index contributed by atoms with van der Waals surface area (Å²) in [6, 6.07) is 15.5. The van der Waals surface area contributed by atoms with E-state index in [1.165, 1.54) is 17.3 Å². The lowest BCUT2D eigenvalue weighted by Gasteiger charge is -2.02. The number of carbonyl (C=O) groups is 1. The Morgan fingerprint density at radius 2 is 1.83 bits per heavy atom. The number of nitrogens with zero attached hydrogens (tertiary/aromatic N) is 1. The summed E-state index contributed by atoms with van der Waals surface area (Å²) < 4.78 is 6.02. The Hall–Kier alpha value is -2.11. The van der Waals surface area contributed by atoms with Crippen molar-refractivity contribution in [3.05, 3.63) is 65.0 Å². The maximum absolute atomic E-state index is 12.2. The molecular formula is C19H17NO2S2. The van der Waals surface area contributed by atoms with Crippen LogP contribution < -0.4 is 4.74 Å². The Labute approximate surface area is 149 Å². The normalized spacial score (nSPS) is 10.6. The molecule has 3 rings (SSSR count). The van der Waals surface area contributed by atoms with Crippen molar-refractivity contribution in [1.29, 1.82) is 0 Å². The molecule has 3 aromatic rings. The second kappa shape index (κ2) is 7.64. The van der Waals surface area contributed by atoms with Gasteiger partial charge >= 0.3 is 0 Å². The zero-order chi connectivity index (χ0) is 16.9. The molecule has 0 bridgehead atoms. The van der Waals surface area contributed by atoms with E-state index in [4.69, 9.17) is 4.74 Å². The van der Waals surface area contributed by atoms with Gasteiger partial charge < -0.3 is 4.74 Å². The highest BCUT2D eigenvalue weighted by Crippen LogP contribution is 2.29. The van der Waals surface area contributed by atoms with Crippen LogP contribution in [0.4, 0.5) is 0 Å². The first-order valence-corrected chi connectivity index (χ1v) is 9.35. The Kier molecular flexibility index (Phi) is 5.33. The summed E-state index contributed by atoms with van der Waals surface area (Å²) in [6.07, 6.45) is 0. The first kappa shape index (κ1) is 16.7. The number of rotatable bonds is 6. The summed E-state index contributed by atoms with van der Waals surface area (Å²) in [6.45, 7) is 2.07. The fourth-order valence-electron chi connectivity index (χ4n) is 2.17. The zero-order valence-electron chi connectivity index (χ0n) is 13.5. The van der Waals surface area contributed by atoms with Gasteiger partial charge in [-0.3, -0.25) is 4.79 Å². The van der Waals surface area contributed by atoms with E-state index in [0.717, 1.165) is 21.3 Å². The van der Waals surface area contributed by atoms with Crippen LogP contribution in [-0.2, 0) is 0 Å². The molecule has 5 heteroatoms. The summed E-state index contributed by atoms with van der Waals surface area (Å²) >= 11 is 3.05. The minimum atomic E-state index is 0.0924. The van der Waals surface area contributed by atoms with Crippen molar-refractivity contribution in [3.63, 3.8) is 0 Å². The molecule has 0 aliphatic heterocycles. The molecule has 24 heavy (non-hydrogen) atoms. The number of thiazole rings is 1. The van der Waals surface area contributed by atoms with Gasteiger partial charge in [-0.05, 0) is 31.2 Å². The van der Waals surface area contributed by atoms with Crippen LogP contribution in [0.3, 0.4) is 0 Å². The standard InChI is InChI=1S/C19H17NO2S2/c1-13-3-5-14(6-4-13)17-11-23-19(20-17)24-12-18(21)15-7-9-16(22-2)10-8-15/h3-11H,12H2,1-2H3. The second-order valence-electron chi connectivity index (χ2n) is 5.31. The summed E-state index contributed by atoms with van der Waals surface area (Å²) in [4.78, 5) is 16.9. The van der Waals surface area contributed by atoms with E-state index in [1.54, 1.807) is 42.7 Å². The number of ether oxygens (including phenoxy) is 1. The van der Waals surface area contributed by atoms with Crippen molar-refractivity contribution in [2.75, 3.05) is 12.9 Å². The Morgan fingerprint density at radius 3 is 2.50 bits per heavy atom. The number of ketones is 1. The molecule has 122 valence electrons. The molecule has 0 radical (unpaired) electrons. The number of hydrogen-bond donors (Lipinski definition) is 0. The van der Waals surface area contributed by atoms with Crippen LogP contribution in [0.2, 0.25) is 0 Å². The predicted octanol–water partition coefficient (Wildman–Crippen LogP) is 5.10. The predicted molar refractivity (Wildman–Crippen MR) is 100 cm³/mol. The monoisotopic (exact) mass is 355 g/mol. The van der Waals surface area contributed by atoms with Gasteiger partial charge in [0, 0.05) is 16.5 Å². The topological polar surface area (TPSA) is 39.2 Å². The van der Waals surface area contributed by atoms with Gasteiger partial charge in [0.15, 0.2) is 10.1 Å². The molecular weight excluding hydrogens is 338 g/mol. The van der Waals surface area contributed by atoms with E-state index >= 15 is 0 Å². The fraction of sp³-hybridized carbons (Fsp3) is 0.158. The van der Waals surface area contributed by atoms with Crippen molar-refractivity contribution in [2.24, 2.45) is 0 Å². The van der Waals surface area contributed by atoms with Crippen LogP contribution in [0.15, 0.2) is 58.3 Å². The van der Waals surface area contributed by atoms with Crippen LogP contribution >= 0.6 is 23.1 Å². The number of methoxy groups -OCH3 is 1. The van der Waals surface area contributed by atoms with E-state index in [9.17, 15) is 4.79 Å². The van der Waals surface area contributed by atoms with Crippen LogP contribution in [-0.4, -0.2) is 23.6 Å². The van der Waals surface area contributed by atoms with E-state index < -0.39 is 0 Å². The summed E-state index contributed by atoms with van der Waals surface area (Å²) in [7, 11) is 1.61. The minimum absolute atomic E-state index is 0.0924. The minimum Gasteiger partial charge on any atom is -0.497 e. The third-order valence-electron chi connectivity index (χ3n) is 3.57. The molecule has 0 aliphatic carbocycles. The van der Waals surface area contributed by atoms with Gasteiger partial charge in [0.05, 0.1) is 18.6 Å². The molecule has 3 nitrogen and oxygen atoms in total. The first-order valence-electron chi connectivity index (χ1n) is 7.48. The average molecular weight is 355 g/mol. The van der Waals surface area contributed by atoms with Gasteiger partial charge in [-0.15, -0.1) is 11.3 Å². The van der Waals surface area contributed by atoms with E-state index in [1.807, 2.05) is 5.38 Å². The Bertz CT molecular complexity index is 823. The van der Waals surface area contributed by atoms with Gasteiger partial charge in [0.1, 0.15) is 5.75 Å². The van der Waals surface area contributed by atoms with Gasteiger partial charge in [-0.1, -0.05) is 41.6 Å². The van der Waals surface area contributed by atoms with Crippen LogP contribution in [0.5, 0.6) is 5.75 Å². The summed E-state index contributed by atoms with van der Waals surface area (Å²) in [5, 5.41) is 2.03. The SMILES string of the molecule is COc1ccc(C(=O)CSc2nc(-c3ccc(C)cc3)cs2)cc1. The van der Waals surface area contributed by atoms with Crippen LogP contribution in [0.25, 0.3) is 11.3 Å². The van der Waals surface area contributed by atoms with Gasteiger partial charge in [-0.2, -0.15) is 0 Å². The molecule has 0 atom stereocenters. The van der Waals surface area contributed by atoms with Crippen molar-refractivity contribution in [1.82, 2.24) is 4.98 Å². The summed E-state index contributed by atoms with van der Waals surface area (Å²) in [5.74, 6) is 1.23. The molecule has 0 unspecified atom stereocenters. The largest absolute Gasteiger partial charge is 0.497 e. The molecule has 1 aromatic heterocycles.